The number of para-hydroxylation sites is 3. The van der Waals surface area contributed by atoms with E-state index in [9.17, 15) is 18.0 Å². The first-order valence-corrected chi connectivity index (χ1v) is 12.8. The molecule has 0 saturated heterocycles. The molecule has 0 aliphatic carbocycles. The third kappa shape index (κ3) is 6.44. The van der Waals surface area contributed by atoms with Crippen LogP contribution in [0.5, 0.6) is 5.75 Å². The van der Waals surface area contributed by atoms with Gasteiger partial charge in [-0.05, 0) is 49.4 Å². The third-order valence-corrected chi connectivity index (χ3v) is 7.00. The molecule has 0 aliphatic rings. The summed E-state index contributed by atoms with van der Waals surface area (Å²) in [5.41, 5.74) is 0.669. The Hall–Kier alpha value is -3.82. The number of carbonyl (C=O) groups excluding carboxylic acids is 2. The zero-order valence-electron chi connectivity index (χ0n) is 19.5. The van der Waals surface area contributed by atoms with Crippen molar-refractivity contribution < 1.29 is 27.5 Å². The van der Waals surface area contributed by atoms with E-state index in [2.05, 4.69) is 11.9 Å². The first-order chi connectivity index (χ1) is 17.3. The average Bonchev–Trinajstić information content (AvgIpc) is 2.87. The summed E-state index contributed by atoms with van der Waals surface area (Å²) in [5.74, 6) is -1.07. The van der Waals surface area contributed by atoms with Crippen LogP contribution in [0.3, 0.4) is 0 Å². The Labute approximate surface area is 215 Å². The van der Waals surface area contributed by atoms with E-state index in [4.69, 9.17) is 21.1 Å². The number of anilines is 2. The van der Waals surface area contributed by atoms with Gasteiger partial charge in [-0.3, -0.25) is 9.10 Å². The molecule has 1 N–H and O–H groups in total. The first-order valence-electron chi connectivity index (χ1n) is 10.9. The molecule has 8 nitrogen and oxygen atoms in total. The standard InChI is InChI=1S/C26H25ClN2O6S/c1-3-16-29(19-10-6-5-7-11-19)36(32,33)20-14-15-22(27)21(17-20)26(31)35-18-25(30)28-23-12-8-9-13-24(23)34-4-2/h3,5-15,17H,1,4,16,18H2,2H3,(H,28,30). The van der Waals surface area contributed by atoms with Crippen molar-refractivity contribution in [2.24, 2.45) is 0 Å². The lowest BCUT2D eigenvalue weighted by molar-refractivity contribution is -0.119. The number of nitrogens with one attached hydrogen (secondary N) is 1. The Morgan fingerprint density at radius 1 is 1.06 bits per heavy atom. The molecule has 0 radical (unpaired) electrons. The summed E-state index contributed by atoms with van der Waals surface area (Å²) in [5, 5.41) is 2.60. The van der Waals surface area contributed by atoms with Crippen LogP contribution in [0.1, 0.15) is 17.3 Å². The van der Waals surface area contributed by atoms with Gasteiger partial charge in [-0.25, -0.2) is 13.2 Å². The number of sulfonamides is 1. The van der Waals surface area contributed by atoms with Crippen LogP contribution in [0.2, 0.25) is 5.02 Å². The van der Waals surface area contributed by atoms with Gasteiger partial charge in [0, 0.05) is 0 Å². The molecule has 0 aliphatic heterocycles. The molecule has 3 rings (SSSR count). The number of amides is 1. The Bertz CT molecular complexity index is 1350. The lowest BCUT2D eigenvalue weighted by atomic mass is 10.2. The smallest absolute Gasteiger partial charge is 0.340 e. The second-order valence-corrected chi connectivity index (χ2v) is 9.63. The molecule has 0 heterocycles. The zero-order chi connectivity index (χ0) is 26.1. The molecule has 0 spiro atoms. The molecule has 3 aromatic carbocycles. The number of ether oxygens (including phenoxy) is 2. The molecule has 36 heavy (non-hydrogen) atoms. The minimum Gasteiger partial charge on any atom is -0.492 e. The van der Waals surface area contributed by atoms with Gasteiger partial charge in [0.1, 0.15) is 5.75 Å². The molecule has 0 atom stereocenters. The maximum absolute atomic E-state index is 13.4. The van der Waals surface area contributed by atoms with Crippen LogP contribution in [-0.2, 0) is 19.6 Å². The molecule has 0 saturated carbocycles. The SMILES string of the molecule is C=CCN(c1ccccc1)S(=O)(=O)c1ccc(Cl)c(C(=O)OCC(=O)Nc2ccccc2OCC)c1. The quantitative estimate of drug-likeness (QED) is 0.280. The second kappa shape index (κ2) is 12.2. The van der Waals surface area contributed by atoms with E-state index in [0.717, 1.165) is 10.4 Å². The van der Waals surface area contributed by atoms with Gasteiger partial charge in [0.2, 0.25) is 0 Å². The van der Waals surface area contributed by atoms with Crippen molar-refractivity contribution in [3.8, 4) is 5.75 Å². The second-order valence-electron chi connectivity index (χ2n) is 7.36. The Kier molecular flexibility index (Phi) is 9.10. The van der Waals surface area contributed by atoms with Gasteiger partial charge in [-0.15, -0.1) is 6.58 Å². The number of esters is 1. The van der Waals surface area contributed by atoms with Crippen molar-refractivity contribution in [1.29, 1.82) is 0 Å². The highest BCUT2D eigenvalue weighted by Gasteiger charge is 2.26. The van der Waals surface area contributed by atoms with Crippen LogP contribution in [0.25, 0.3) is 0 Å². The van der Waals surface area contributed by atoms with Gasteiger partial charge >= 0.3 is 5.97 Å². The minimum absolute atomic E-state index is 0.0120. The fourth-order valence-electron chi connectivity index (χ4n) is 3.25. The normalized spacial score (nSPS) is 10.8. The topological polar surface area (TPSA) is 102 Å². The summed E-state index contributed by atoms with van der Waals surface area (Å²) < 4.78 is 38.5. The molecular formula is C26H25ClN2O6S. The highest BCUT2D eigenvalue weighted by Crippen LogP contribution is 2.27. The summed E-state index contributed by atoms with van der Waals surface area (Å²) in [6.07, 6.45) is 1.46. The molecule has 188 valence electrons. The van der Waals surface area contributed by atoms with E-state index in [1.165, 1.54) is 18.2 Å². The Morgan fingerprint density at radius 3 is 2.44 bits per heavy atom. The van der Waals surface area contributed by atoms with Crippen LogP contribution in [0.4, 0.5) is 11.4 Å². The highest BCUT2D eigenvalue weighted by molar-refractivity contribution is 7.92. The van der Waals surface area contributed by atoms with E-state index in [0.29, 0.717) is 23.7 Å². The molecular weight excluding hydrogens is 504 g/mol. The van der Waals surface area contributed by atoms with E-state index in [-0.39, 0.29) is 22.0 Å². The molecule has 0 bridgehead atoms. The van der Waals surface area contributed by atoms with Crippen LogP contribution < -0.4 is 14.4 Å². The van der Waals surface area contributed by atoms with Crippen molar-refractivity contribution in [3.63, 3.8) is 0 Å². The highest BCUT2D eigenvalue weighted by atomic mass is 35.5. The number of benzene rings is 3. The first kappa shape index (κ1) is 26.8. The maximum atomic E-state index is 13.4. The van der Waals surface area contributed by atoms with Crippen molar-refractivity contribution in [2.45, 2.75) is 11.8 Å². The largest absolute Gasteiger partial charge is 0.492 e. The van der Waals surface area contributed by atoms with Crippen molar-refractivity contribution in [2.75, 3.05) is 29.4 Å². The van der Waals surface area contributed by atoms with E-state index < -0.39 is 28.5 Å². The van der Waals surface area contributed by atoms with Gasteiger partial charge < -0.3 is 14.8 Å². The summed E-state index contributed by atoms with van der Waals surface area (Å²) in [6.45, 7) is 5.26. The number of hydrogen-bond donors (Lipinski definition) is 1. The predicted octanol–water partition coefficient (Wildman–Crippen LogP) is 4.92. The van der Waals surface area contributed by atoms with E-state index in [1.54, 1.807) is 54.6 Å². The summed E-state index contributed by atoms with van der Waals surface area (Å²) >= 11 is 6.16. The molecule has 0 unspecified atom stereocenters. The summed E-state index contributed by atoms with van der Waals surface area (Å²) in [6, 6.07) is 19.0. The summed E-state index contributed by atoms with van der Waals surface area (Å²) in [7, 11) is -4.07. The fraction of sp³-hybridized carbons (Fsp3) is 0.154. The van der Waals surface area contributed by atoms with Crippen molar-refractivity contribution in [1.82, 2.24) is 0 Å². The molecule has 1 amide bonds. The zero-order valence-corrected chi connectivity index (χ0v) is 21.1. The third-order valence-electron chi connectivity index (χ3n) is 4.88. The molecule has 10 heteroatoms. The van der Waals surface area contributed by atoms with E-state index in [1.807, 2.05) is 6.92 Å². The number of hydrogen-bond acceptors (Lipinski definition) is 6. The number of nitrogens with zero attached hydrogens (tertiary/aromatic N) is 1. The van der Waals surface area contributed by atoms with Crippen molar-refractivity contribution >= 4 is 44.9 Å². The predicted molar refractivity (Wildman–Crippen MR) is 139 cm³/mol. The monoisotopic (exact) mass is 528 g/mol. The van der Waals surface area contributed by atoms with Crippen LogP contribution >= 0.6 is 11.6 Å². The van der Waals surface area contributed by atoms with Gasteiger partial charge in [-0.1, -0.05) is 48.0 Å². The number of rotatable bonds is 11. The maximum Gasteiger partial charge on any atom is 0.340 e. The minimum atomic E-state index is -4.07. The van der Waals surface area contributed by atoms with Gasteiger partial charge in [-0.2, -0.15) is 0 Å². The number of carbonyl (C=O) groups is 2. The van der Waals surface area contributed by atoms with Crippen LogP contribution in [0, 0.1) is 0 Å². The number of halogens is 1. The van der Waals surface area contributed by atoms with Gasteiger partial charge in [0.15, 0.2) is 6.61 Å². The van der Waals surface area contributed by atoms with Crippen LogP contribution in [0.15, 0.2) is 90.3 Å². The Morgan fingerprint density at radius 2 is 1.75 bits per heavy atom. The average molecular weight is 529 g/mol. The van der Waals surface area contributed by atoms with Gasteiger partial charge in [0.25, 0.3) is 15.9 Å². The van der Waals surface area contributed by atoms with Crippen LogP contribution in [-0.4, -0.2) is 40.1 Å². The van der Waals surface area contributed by atoms with Gasteiger partial charge in [0.05, 0.1) is 40.0 Å². The molecule has 0 fully saturated rings. The fourth-order valence-corrected chi connectivity index (χ4v) is 4.91. The lowest BCUT2D eigenvalue weighted by Crippen LogP contribution is -2.31. The van der Waals surface area contributed by atoms with E-state index >= 15 is 0 Å². The summed E-state index contributed by atoms with van der Waals surface area (Å²) in [4.78, 5) is 24.9. The molecule has 0 aromatic heterocycles. The lowest BCUT2D eigenvalue weighted by Gasteiger charge is -2.23. The molecule has 3 aromatic rings. The Balaban J connectivity index is 1.77. The van der Waals surface area contributed by atoms with Crippen molar-refractivity contribution in [3.05, 3.63) is 96.0 Å².